The van der Waals surface area contributed by atoms with E-state index in [9.17, 15) is 24.1 Å². The summed E-state index contributed by atoms with van der Waals surface area (Å²) in [6, 6.07) is 17.3. The molecule has 11 heteroatoms. The van der Waals surface area contributed by atoms with Crippen LogP contribution in [-0.2, 0) is 22.3 Å². The summed E-state index contributed by atoms with van der Waals surface area (Å²) in [6.07, 6.45) is 0.724. The van der Waals surface area contributed by atoms with Gasteiger partial charge in [0.1, 0.15) is 59.4 Å². The molecule has 260 valence electrons. The number of nitrogens with two attached hydrogens (primary N) is 1. The average Bonchev–Trinajstić information content (AvgIpc) is 3.10. The molecule has 8 nitrogen and oxygen atoms in total. The Bertz CT molecular complexity index is 1520. The standard InChI is InChI=1S/C37H46F2N2O6S/c1-3-22-6-7-23(35-33(43)32(42)34(44)37(47-35)48-2)17-24(22)16-21-4-9-27(10-5-21)46-28-12-14-41(15-13-28)26-19-31(40)36(45-20-26)29-18-25(38)8-11-30(29)39/h4-11,17-18,26,28,31-37,42-44H,3,12-16,19-20,40H2,1-2H3/t26?,31?,32-,33-,34+,35+,36?,37-/m1/s1. The highest BCUT2D eigenvalue weighted by Gasteiger charge is 2.44. The zero-order valence-corrected chi connectivity index (χ0v) is 28.2. The normalized spacial score (nSPS) is 30.3. The summed E-state index contributed by atoms with van der Waals surface area (Å²) >= 11 is 1.31. The lowest BCUT2D eigenvalue weighted by molar-refractivity contribution is -0.200. The molecular formula is C37H46F2N2O6S. The number of piperidine rings is 1. The minimum atomic E-state index is -1.29. The van der Waals surface area contributed by atoms with Crippen LogP contribution in [0.1, 0.15) is 66.2 Å². The van der Waals surface area contributed by atoms with Crippen LogP contribution in [0.25, 0.3) is 0 Å². The van der Waals surface area contributed by atoms with Gasteiger partial charge in [0.2, 0.25) is 0 Å². The molecule has 3 fully saturated rings. The maximum absolute atomic E-state index is 14.3. The van der Waals surface area contributed by atoms with E-state index in [0.717, 1.165) is 66.9 Å². The number of halogens is 2. The second-order valence-corrected chi connectivity index (χ2v) is 14.1. The van der Waals surface area contributed by atoms with Crippen LogP contribution in [0.3, 0.4) is 0 Å². The van der Waals surface area contributed by atoms with E-state index in [-0.39, 0.29) is 17.7 Å². The number of thioether (sulfide) groups is 1. The Morgan fingerprint density at radius 2 is 1.67 bits per heavy atom. The van der Waals surface area contributed by atoms with Gasteiger partial charge in [-0.15, -0.1) is 11.8 Å². The molecule has 0 aromatic heterocycles. The second-order valence-electron chi connectivity index (χ2n) is 13.2. The van der Waals surface area contributed by atoms with Crippen LogP contribution < -0.4 is 10.5 Å². The second kappa shape index (κ2) is 15.5. The number of hydrogen-bond donors (Lipinski definition) is 4. The number of aryl methyl sites for hydroxylation is 1. The fourth-order valence-electron chi connectivity index (χ4n) is 7.26. The van der Waals surface area contributed by atoms with E-state index in [4.69, 9.17) is 19.9 Å². The first-order valence-corrected chi connectivity index (χ1v) is 18.1. The summed E-state index contributed by atoms with van der Waals surface area (Å²) < 4.78 is 46.4. The molecule has 48 heavy (non-hydrogen) atoms. The van der Waals surface area contributed by atoms with Gasteiger partial charge in [-0.25, -0.2) is 8.78 Å². The molecular weight excluding hydrogens is 638 g/mol. The quantitative estimate of drug-likeness (QED) is 0.255. The third-order valence-electron chi connectivity index (χ3n) is 10.0. The molecule has 3 unspecified atom stereocenters. The van der Waals surface area contributed by atoms with Gasteiger partial charge in [0.05, 0.1) is 6.61 Å². The molecule has 3 heterocycles. The summed E-state index contributed by atoms with van der Waals surface area (Å²) in [5.41, 5.74) is 10.2. The lowest BCUT2D eigenvalue weighted by Crippen LogP contribution is -2.52. The Morgan fingerprint density at radius 1 is 0.917 bits per heavy atom. The van der Waals surface area contributed by atoms with Gasteiger partial charge in [0, 0.05) is 30.7 Å². The average molecular weight is 685 g/mol. The van der Waals surface area contributed by atoms with Gasteiger partial charge in [-0.05, 0) is 90.9 Å². The highest BCUT2D eigenvalue weighted by Crippen LogP contribution is 2.37. The molecule has 0 saturated carbocycles. The maximum atomic E-state index is 14.3. The van der Waals surface area contributed by atoms with Gasteiger partial charge in [0.25, 0.3) is 0 Å². The van der Waals surface area contributed by atoms with E-state index >= 15 is 0 Å². The van der Waals surface area contributed by atoms with Gasteiger partial charge in [0.15, 0.2) is 0 Å². The molecule has 6 rings (SSSR count). The zero-order chi connectivity index (χ0) is 33.9. The number of rotatable bonds is 9. The molecule has 0 aliphatic carbocycles. The Kier molecular flexibility index (Phi) is 11.4. The van der Waals surface area contributed by atoms with Crippen LogP contribution in [0.15, 0.2) is 60.7 Å². The van der Waals surface area contributed by atoms with Crippen LogP contribution in [0.5, 0.6) is 5.75 Å². The predicted molar refractivity (Wildman–Crippen MR) is 181 cm³/mol. The lowest BCUT2D eigenvalue weighted by atomic mass is 9.90. The van der Waals surface area contributed by atoms with Crippen molar-refractivity contribution in [3.05, 3.63) is 100 Å². The van der Waals surface area contributed by atoms with E-state index in [1.807, 2.05) is 30.3 Å². The van der Waals surface area contributed by atoms with E-state index in [1.54, 1.807) is 6.26 Å². The first-order valence-electron chi connectivity index (χ1n) is 16.8. The minimum absolute atomic E-state index is 0.0868. The number of benzene rings is 3. The first kappa shape index (κ1) is 35.2. The topological polar surface area (TPSA) is 118 Å². The molecule has 0 spiro atoms. The van der Waals surface area contributed by atoms with Crippen molar-refractivity contribution in [2.24, 2.45) is 5.73 Å². The van der Waals surface area contributed by atoms with E-state index in [2.05, 4.69) is 24.0 Å². The third-order valence-corrected chi connectivity index (χ3v) is 10.9. The molecule has 0 bridgehead atoms. The van der Waals surface area contributed by atoms with Crippen LogP contribution in [0.2, 0.25) is 0 Å². The lowest BCUT2D eigenvalue weighted by Gasteiger charge is -2.42. The predicted octanol–water partition coefficient (Wildman–Crippen LogP) is 4.66. The number of nitrogens with zero attached hydrogens (tertiary/aromatic N) is 1. The van der Waals surface area contributed by atoms with Gasteiger partial charge in [-0.1, -0.05) is 37.3 Å². The van der Waals surface area contributed by atoms with E-state index in [1.165, 1.54) is 23.4 Å². The van der Waals surface area contributed by atoms with Gasteiger partial charge >= 0.3 is 0 Å². The number of ether oxygens (including phenoxy) is 3. The van der Waals surface area contributed by atoms with Crippen LogP contribution in [0, 0.1) is 11.6 Å². The van der Waals surface area contributed by atoms with E-state index < -0.39 is 53.6 Å². The molecule has 3 aromatic carbocycles. The Morgan fingerprint density at radius 3 is 2.35 bits per heavy atom. The molecule has 3 aliphatic heterocycles. The SMILES string of the molecule is CCc1ccc([C@@H]2O[C@H](SC)[C@@H](O)[C@H](O)[C@H]2O)cc1Cc1ccc(OC2CCN(C3COC(c4cc(F)ccc4F)C(N)C3)CC2)cc1. The summed E-state index contributed by atoms with van der Waals surface area (Å²) in [5, 5.41) is 31.4. The fourth-order valence-corrected chi connectivity index (χ4v) is 7.93. The third kappa shape index (κ3) is 7.74. The maximum Gasteiger partial charge on any atom is 0.132 e. The Labute approximate surface area is 285 Å². The Hall–Kier alpha value is -2.61. The summed E-state index contributed by atoms with van der Waals surface area (Å²) in [7, 11) is 0. The number of aliphatic hydroxyl groups is 3. The Balaban J connectivity index is 1.02. The van der Waals surface area contributed by atoms with Gasteiger partial charge in [-0.2, -0.15) is 0 Å². The number of likely N-dealkylation sites (tertiary alicyclic amines) is 1. The van der Waals surface area contributed by atoms with Crippen molar-refractivity contribution in [3.8, 4) is 5.75 Å². The molecule has 0 amide bonds. The van der Waals surface area contributed by atoms with Gasteiger partial charge in [-0.3, -0.25) is 4.90 Å². The highest BCUT2D eigenvalue weighted by atomic mass is 32.2. The molecule has 3 saturated heterocycles. The van der Waals surface area contributed by atoms with Crippen molar-refractivity contribution >= 4 is 11.8 Å². The summed E-state index contributed by atoms with van der Waals surface area (Å²) in [6.45, 7) is 4.20. The largest absolute Gasteiger partial charge is 0.490 e. The van der Waals surface area contributed by atoms with E-state index in [0.29, 0.717) is 19.4 Å². The zero-order valence-electron chi connectivity index (χ0n) is 27.4. The molecule has 3 aliphatic rings. The molecule has 3 aromatic rings. The minimum Gasteiger partial charge on any atom is -0.490 e. The summed E-state index contributed by atoms with van der Waals surface area (Å²) in [5.74, 6) is -0.184. The monoisotopic (exact) mass is 684 g/mol. The van der Waals surface area contributed by atoms with Crippen molar-refractivity contribution in [3.63, 3.8) is 0 Å². The molecule has 8 atom stereocenters. The van der Waals surface area contributed by atoms with Crippen LogP contribution in [0.4, 0.5) is 8.78 Å². The van der Waals surface area contributed by atoms with Crippen molar-refractivity contribution < 1.29 is 38.3 Å². The van der Waals surface area contributed by atoms with Gasteiger partial charge < -0.3 is 35.3 Å². The highest BCUT2D eigenvalue weighted by molar-refractivity contribution is 7.99. The van der Waals surface area contributed by atoms with Crippen molar-refractivity contribution in [2.75, 3.05) is 26.0 Å². The van der Waals surface area contributed by atoms with Crippen molar-refractivity contribution in [1.29, 1.82) is 0 Å². The van der Waals surface area contributed by atoms with Crippen LogP contribution >= 0.6 is 11.8 Å². The van der Waals surface area contributed by atoms with Crippen molar-refractivity contribution in [1.82, 2.24) is 4.90 Å². The first-order chi connectivity index (χ1) is 23.1. The number of aliphatic hydroxyl groups excluding tert-OH is 3. The van der Waals surface area contributed by atoms with Crippen molar-refractivity contribution in [2.45, 2.75) is 93.2 Å². The number of hydrogen-bond acceptors (Lipinski definition) is 9. The fraction of sp³-hybridized carbons (Fsp3) is 0.514. The smallest absolute Gasteiger partial charge is 0.132 e. The van der Waals surface area contributed by atoms with Crippen LogP contribution in [-0.4, -0.2) is 88.1 Å². The molecule has 5 N–H and O–H groups in total. The summed E-state index contributed by atoms with van der Waals surface area (Å²) in [4.78, 5) is 2.36. The molecule has 0 radical (unpaired) electrons.